The summed E-state index contributed by atoms with van der Waals surface area (Å²) in [5, 5.41) is 0. The maximum absolute atomic E-state index is 12.7. The standard InChI is InChI=1S/C13H11FN2O.ClH/c14-11-5-3-9(4-6-11)13(17)12(15)10-2-1-7-16-8-10;/h1-8,12H,15H2;1H. The average molecular weight is 267 g/mol. The molecule has 0 radical (unpaired) electrons. The first kappa shape index (κ1) is 14.3. The van der Waals surface area contributed by atoms with Gasteiger partial charge < -0.3 is 5.73 Å². The van der Waals surface area contributed by atoms with Crippen LogP contribution in [0.3, 0.4) is 0 Å². The molecule has 0 aliphatic heterocycles. The molecule has 0 saturated heterocycles. The number of nitrogens with two attached hydrogens (primary N) is 1. The van der Waals surface area contributed by atoms with Crippen LogP contribution in [0.25, 0.3) is 0 Å². The molecule has 0 amide bonds. The van der Waals surface area contributed by atoms with Gasteiger partial charge in [-0.15, -0.1) is 12.4 Å². The van der Waals surface area contributed by atoms with Crippen LogP contribution in [-0.4, -0.2) is 10.8 Å². The highest BCUT2D eigenvalue weighted by Crippen LogP contribution is 2.15. The number of nitrogens with zero attached hydrogens (tertiary/aromatic N) is 1. The molecule has 5 heteroatoms. The van der Waals surface area contributed by atoms with E-state index in [1.165, 1.54) is 24.3 Å². The lowest BCUT2D eigenvalue weighted by molar-refractivity contribution is 0.0961. The van der Waals surface area contributed by atoms with Gasteiger partial charge in [-0.25, -0.2) is 4.39 Å². The Morgan fingerprint density at radius 2 is 1.89 bits per heavy atom. The van der Waals surface area contributed by atoms with E-state index in [2.05, 4.69) is 4.98 Å². The van der Waals surface area contributed by atoms with Crippen molar-refractivity contribution in [1.29, 1.82) is 0 Å². The molecule has 0 spiro atoms. The SMILES string of the molecule is Cl.NC(C(=O)c1ccc(F)cc1)c1cccnc1. The molecule has 1 unspecified atom stereocenters. The van der Waals surface area contributed by atoms with Gasteiger partial charge in [0.05, 0.1) is 6.04 Å². The Labute approximate surface area is 110 Å². The van der Waals surface area contributed by atoms with Crippen molar-refractivity contribution in [3.8, 4) is 0 Å². The highest BCUT2D eigenvalue weighted by molar-refractivity contribution is 6.00. The number of benzene rings is 1. The Morgan fingerprint density at radius 3 is 2.44 bits per heavy atom. The Hall–Kier alpha value is -1.78. The molecule has 1 aromatic heterocycles. The minimum absolute atomic E-state index is 0. The van der Waals surface area contributed by atoms with Gasteiger partial charge in [-0.1, -0.05) is 6.07 Å². The third-order valence-electron chi connectivity index (χ3n) is 2.45. The number of carbonyl (C=O) groups excluding carboxylic acids is 1. The second kappa shape index (κ2) is 6.23. The Kier molecular flexibility index (Phi) is 4.95. The van der Waals surface area contributed by atoms with Gasteiger partial charge in [-0.2, -0.15) is 0 Å². The van der Waals surface area contributed by atoms with E-state index < -0.39 is 6.04 Å². The first-order valence-corrected chi connectivity index (χ1v) is 5.14. The van der Waals surface area contributed by atoms with Crippen LogP contribution in [0, 0.1) is 5.82 Å². The molecule has 1 heterocycles. The van der Waals surface area contributed by atoms with Crippen molar-refractivity contribution < 1.29 is 9.18 Å². The van der Waals surface area contributed by atoms with Gasteiger partial charge in [0, 0.05) is 18.0 Å². The summed E-state index contributed by atoms with van der Waals surface area (Å²) in [5.41, 5.74) is 6.86. The average Bonchev–Trinajstić information content (AvgIpc) is 2.39. The van der Waals surface area contributed by atoms with Crippen molar-refractivity contribution >= 4 is 18.2 Å². The maximum atomic E-state index is 12.7. The van der Waals surface area contributed by atoms with E-state index in [9.17, 15) is 9.18 Å². The predicted molar refractivity (Wildman–Crippen MR) is 69.1 cm³/mol. The number of carbonyl (C=O) groups is 1. The van der Waals surface area contributed by atoms with Gasteiger partial charge in [-0.05, 0) is 35.9 Å². The van der Waals surface area contributed by atoms with Crippen molar-refractivity contribution in [1.82, 2.24) is 4.98 Å². The van der Waals surface area contributed by atoms with Crippen LogP contribution in [-0.2, 0) is 0 Å². The monoisotopic (exact) mass is 266 g/mol. The zero-order valence-corrected chi connectivity index (χ0v) is 10.2. The first-order chi connectivity index (χ1) is 8.18. The molecule has 2 rings (SSSR count). The van der Waals surface area contributed by atoms with Crippen LogP contribution in [0.4, 0.5) is 4.39 Å². The molecule has 94 valence electrons. The van der Waals surface area contributed by atoms with Gasteiger partial charge >= 0.3 is 0 Å². The van der Waals surface area contributed by atoms with Gasteiger partial charge in [0.15, 0.2) is 5.78 Å². The van der Waals surface area contributed by atoms with Crippen molar-refractivity contribution in [2.75, 3.05) is 0 Å². The Bertz CT molecular complexity index is 516. The second-order valence-electron chi connectivity index (χ2n) is 3.64. The van der Waals surface area contributed by atoms with Gasteiger partial charge in [0.25, 0.3) is 0 Å². The zero-order chi connectivity index (χ0) is 12.3. The van der Waals surface area contributed by atoms with Crippen molar-refractivity contribution in [2.45, 2.75) is 6.04 Å². The van der Waals surface area contributed by atoms with Crippen molar-refractivity contribution in [3.63, 3.8) is 0 Å². The topological polar surface area (TPSA) is 56.0 Å². The summed E-state index contributed by atoms with van der Waals surface area (Å²) in [6, 6.07) is 8.01. The lowest BCUT2D eigenvalue weighted by Gasteiger charge is -2.10. The van der Waals surface area contributed by atoms with E-state index in [4.69, 9.17) is 5.73 Å². The molecule has 3 nitrogen and oxygen atoms in total. The minimum atomic E-state index is -0.769. The lowest BCUT2D eigenvalue weighted by Crippen LogP contribution is -2.21. The molecule has 1 aromatic carbocycles. The molecule has 0 fully saturated rings. The summed E-state index contributed by atoms with van der Waals surface area (Å²) in [6.07, 6.45) is 3.16. The summed E-state index contributed by atoms with van der Waals surface area (Å²) in [7, 11) is 0. The molecular weight excluding hydrogens is 255 g/mol. The van der Waals surface area contributed by atoms with Crippen LogP contribution in [0.5, 0.6) is 0 Å². The third-order valence-corrected chi connectivity index (χ3v) is 2.45. The molecule has 2 N–H and O–H groups in total. The van der Waals surface area contributed by atoms with Crippen molar-refractivity contribution in [3.05, 3.63) is 65.7 Å². The lowest BCUT2D eigenvalue weighted by atomic mass is 10.00. The first-order valence-electron chi connectivity index (χ1n) is 5.14. The number of hydrogen-bond donors (Lipinski definition) is 1. The number of pyridine rings is 1. The minimum Gasteiger partial charge on any atom is -0.317 e. The summed E-state index contributed by atoms with van der Waals surface area (Å²) in [4.78, 5) is 15.9. The number of Topliss-reactive ketones (excluding diaryl/α,β-unsaturated/α-hetero) is 1. The van der Waals surface area contributed by atoms with Crippen LogP contribution in [0.1, 0.15) is 22.0 Å². The van der Waals surface area contributed by atoms with E-state index in [0.717, 1.165) is 0 Å². The van der Waals surface area contributed by atoms with Crippen LogP contribution >= 0.6 is 12.4 Å². The van der Waals surface area contributed by atoms with Gasteiger partial charge in [-0.3, -0.25) is 9.78 Å². The van der Waals surface area contributed by atoms with Crippen LogP contribution in [0.15, 0.2) is 48.8 Å². The quantitative estimate of drug-likeness (QED) is 0.869. The fraction of sp³-hybridized carbons (Fsp3) is 0.0769. The predicted octanol–water partition coefficient (Wildman–Crippen LogP) is 2.53. The van der Waals surface area contributed by atoms with Crippen LogP contribution < -0.4 is 5.73 Å². The zero-order valence-electron chi connectivity index (χ0n) is 9.42. The highest BCUT2D eigenvalue weighted by Gasteiger charge is 2.17. The van der Waals surface area contributed by atoms with E-state index in [-0.39, 0.29) is 24.0 Å². The van der Waals surface area contributed by atoms with Crippen molar-refractivity contribution in [2.24, 2.45) is 5.73 Å². The van der Waals surface area contributed by atoms with E-state index in [1.54, 1.807) is 24.5 Å². The van der Waals surface area contributed by atoms with Gasteiger partial charge in [0.1, 0.15) is 5.82 Å². The fourth-order valence-electron chi connectivity index (χ4n) is 1.51. The summed E-state index contributed by atoms with van der Waals surface area (Å²) in [6.45, 7) is 0. The molecule has 0 bridgehead atoms. The summed E-state index contributed by atoms with van der Waals surface area (Å²) in [5.74, 6) is -0.630. The second-order valence-corrected chi connectivity index (χ2v) is 3.64. The van der Waals surface area contributed by atoms with Crippen LogP contribution in [0.2, 0.25) is 0 Å². The van der Waals surface area contributed by atoms with E-state index in [0.29, 0.717) is 11.1 Å². The van der Waals surface area contributed by atoms with Gasteiger partial charge in [0.2, 0.25) is 0 Å². The van der Waals surface area contributed by atoms with E-state index >= 15 is 0 Å². The Balaban J connectivity index is 0.00000162. The fourth-order valence-corrected chi connectivity index (χ4v) is 1.51. The molecule has 0 aliphatic carbocycles. The number of hydrogen-bond acceptors (Lipinski definition) is 3. The maximum Gasteiger partial charge on any atom is 0.184 e. The molecule has 0 saturated carbocycles. The smallest absolute Gasteiger partial charge is 0.184 e. The summed E-state index contributed by atoms with van der Waals surface area (Å²) >= 11 is 0. The molecular formula is C13H12ClFN2O. The Morgan fingerprint density at radius 1 is 1.22 bits per heavy atom. The normalized spacial score (nSPS) is 11.4. The number of aromatic nitrogens is 1. The molecule has 18 heavy (non-hydrogen) atoms. The summed E-state index contributed by atoms with van der Waals surface area (Å²) < 4.78 is 12.7. The highest BCUT2D eigenvalue weighted by atomic mass is 35.5. The molecule has 0 aliphatic rings. The number of rotatable bonds is 3. The number of halogens is 2. The van der Waals surface area contributed by atoms with E-state index in [1.807, 2.05) is 0 Å². The molecule has 1 atom stereocenters. The third kappa shape index (κ3) is 3.12. The number of ketones is 1. The largest absolute Gasteiger partial charge is 0.317 e. The molecule has 2 aromatic rings.